The minimum absolute atomic E-state index is 0.1000. The molecule has 0 amide bonds. The fourth-order valence-corrected chi connectivity index (χ4v) is 1.96. The van der Waals surface area contributed by atoms with Gasteiger partial charge in [0.2, 0.25) is 5.82 Å². The molecule has 0 bridgehead atoms. The van der Waals surface area contributed by atoms with Crippen molar-refractivity contribution < 1.29 is 14.1 Å². The summed E-state index contributed by atoms with van der Waals surface area (Å²) >= 11 is 0. The molecule has 2 aromatic rings. The molecule has 0 fully saturated rings. The highest BCUT2D eigenvalue weighted by Crippen LogP contribution is 2.26. The summed E-state index contributed by atoms with van der Waals surface area (Å²) in [6, 6.07) is 10.9. The molecule has 110 valence electrons. The molecule has 0 saturated carbocycles. The van der Waals surface area contributed by atoms with Crippen LogP contribution in [0.3, 0.4) is 0 Å². The fourth-order valence-electron chi connectivity index (χ4n) is 1.96. The van der Waals surface area contributed by atoms with Gasteiger partial charge in [0.05, 0.1) is 4.92 Å². The number of nitro groups is 1. The largest absolute Gasteiger partial charge is 0.488 e. The van der Waals surface area contributed by atoms with Gasteiger partial charge in [0.25, 0.3) is 0 Å². The normalized spacial score (nSPS) is 12.0. The number of halogens is 1. The third-order valence-corrected chi connectivity index (χ3v) is 3.05. The van der Waals surface area contributed by atoms with Crippen molar-refractivity contribution in [3.63, 3.8) is 0 Å². The van der Waals surface area contributed by atoms with Crippen LogP contribution in [0.1, 0.15) is 24.1 Å². The molecule has 0 spiro atoms. The van der Waals surface area contributed by atoms with Crippen molar-refractivity contribution in [3.8, 4) is 5.75 Å². The van der Waals surface area contributed by atoms with Gasteiger partial charge in [0.15, 0.2) is 0 Å². The van der Waals surface area contributed by atoms with Crippen LogP contribution < -0.4 is 10.5 Å². The Morgan fingerprint density at radius 1 is 1.29 bits per heavy atom. The summed E-state index contributed by atoms with van der Waals surface area (Å²) in [5.74, 6) is -0.334. The van der Waals surface area contributed by atoms with Gasteiger partial charge >= 0.3 is 5.69 Å². The number of benzene rings is 2. The molecule has 2 rings (SSSR count). The Hall–Kier alpha value is -2.47. The van der Waals surface area contributed by atoms with Gasteiger partial charge in [-0.1, -0.05) is 30.3 Å². The lowest BCUT2D eigenvalue weighted by atomic mass is 10.1. The van der Waals surface area contributed by atoms with E-state index in [0.29, 0.717) is 5.75 Å². The molecule has 21 heavy (non-hydrogen) atoms. The van der Waals surface area contributed by atoms with Crippen molar-refractivity contribution in [3.05, 3.63) is 69.5 Å². The van der Waals surface area contributed by atoms with Crippen LogP contribution in [0.2, 0.25) is 0 Å². The fraction of sp³-hybridized carbons (Fsp3) is 0.200. The van der Waals surface area contributed by atoms with Crippen molar-refractivity contribution in [1.82, 2.24) is 0 Å². The van der Waals surface area contributed by atoms with Crippen molar-refractivity contribution in [2.45, 2.75) is 19.6 Å². The minimum atomic E-state index is -0.874. The first-order chi connectivity index (χ1) is 10.0. The quantitative estimate of drug-likeness (QED) is 0.676. The SMILES string of the molecule is C[C@H](N)c1ccccc1OCc1cccc([N+](=O)[O-])c1F. The number of ether oxygens (including phenoxy) is 1. The van der Waals surface area contributed by atoms with Crippen molar-refractivity contribution >= 4 is 5.69 Å². The third kappa shape index (κ3) is 3.35. The molecule has 0 aliphatic carbocycles. The first kappa shape index (κ1) is 14.9. The highest BCUT2D eigenvalue weighted by atomic mass is 19.1. The maximum atomic E-state index is 13.9. The number of nitro benzene ring substituents is 1. The van der Waals surface area contributed by atoms with E-state index >= 15 is 0 Å². The van der Waals surface area contributed by atoms with Crippen LogP contribution in [0.25, 0.3) is 0 Å². The molecular formula is C15H15FN2O3. The van der Waals surface area contributed by atoms with Gasteiger partial charge in [-0.15, -0.1) is 0 Å². The highest BCUT2D eigenvalue weighted by Gasteiger charge is 2.17. The Balaban J connectivity index is 2.21. The van der Waals surface area contributed by atoms with Gasteiger partial charge in [0, 0.05) is 23.2 Å². The number of para-hydroxylation sites is 1. The standard InChI is InChI=1S/C15H15FN2O3/c1-10(17)12-6-2-3-8-14(12)21-9-11-5-4-7-13(15(11)16)18(19)20/h2-8,10H,9,17H2,1H3/t10-/m0/s1. The zero-order chi connectivity index (χ0) is 15.4. The van der Waals surface area contributed by atoms with Gasteiger partial charge < -0.3 is 10.5 Å². The van der Waals surface area contributed by atoms with E-state index in [2.05, 4.69) is 0 Å². The molecule has 0 unspecified atom stereocenters. The van der Waals surface area contributed by atoms with E-state index in [9.17, 15) is 14.5 Å². The lowest BCUT2D eigenvalue weighted by Gasteiger charge is -2.14. The number of hydrogen-bond donors (Lipinski definition) is 1. The second kappa shape index (κ2) is 6.32. The van der Waals surface area contributed by atoms with Crippen LogP contribution in [-0.4, -0.2) is 4.92 Å². The summed E-state index contributed by atoms with van der Waals surface area (Å²) in [5, 5.41) is 10.7. The molecule has 6 heteroatoms. The van der Waals surface area contributed by atoms with Crippen LogP contribution in [0.5, 0.6) is 5.75 Å². The van der Waals surface area contributed by atoms with Crippen molar-refractivity contribution in [1.29, 1.82) is 0 Å². The predicted molar refractivity (Wildman–Crippen MR) is 76.4 cm³/mol. The highest BCUT2D eigenvalue weighted by molar-refractivity contribution is 5.38. The summed E-state index contributed by atoms with van der Waals surface area (Å²) < 4.78 is 19.5. The Kier molecular flexibility index (Phi) is 4.49. The van der Waals surface area contributed by atoms with E-state index in [0.717, 1.165) is 11.6 Å². The molecule has 2 N–H and O–H groups in total. The first-order valence-corrected chi connectivity index (χ1v) is 6.39. The molecule has 0 saturated heterocycles. The summed E-state index contributed by atoms with van der Waals surface area (Å²) in [4.78, 5) is 9.94. The van der Waals surface area contributed by atoms with Gasteiger partial charge in [-0.3, -0.25) is 10.1 Å². The molecule has 0 aliphatic heterocycles. The summed E-state index contributed by atoms with van der Waals surface area (Å²) in [6.45, 7) is 1.72. The van der Waals surface area contributed by atoms with Crippen LogP contribution in [0.4, 0.5) is 10.1 Å². The lowest BCUT2D eigenvalue weighted by Crippen LogP contribution is -2.08. The van der Waals surface area contributed by atoms with Gasteiger partial charge in [-0.05, 0) is 13.0 Å². The number of nitrogens with two attached hydrogens (primary N) is 1. The summed E-state index contributed by atoms with van der Waals surface area (Å²) in [5.41, 5.74) is 6.20. The van der Waals surface area contributed by atoms with E-state index in [1.165, 1.54) is 12.1 Å². The van der Waals surface area contributed by atoms with E-state index in [1.54, 1.807) is 12.1 Å². The zero-order valence-corrected chi connectivity index (χ0v) is 11.5. The molecule has 0 radical (unpaired) electrons. The molecule has 5 nitrogen and oxygen atoms in total. The number of nitrogens with zero attached hydrogens (tertiary/aromatic N) is 1. The van der Waals surface area contributed by atoms with Gasteiger partial charge in [0.1, 0.15) is 12.4 Å². The van der Waals surface area contributed by atoms with E-state index < -0.39 is 16.4 Å². The van der Waals surface area contributed by atoms with E-state index in [-0.39, 0.29) is 18.2 Å². The van der Waals surface area contributed by atoms with Gasteiger partial charge in [-0.25, -0.2) is 0 Å². The summed E-state index contributed by atoms with van der Waals surface area (Å²) in [7, 11) is 0. The summed E-state index contributed by atoms with van der Waals surface area (Å²) in [6.07, 6.45) is 0. The van der Waals surface area contributed by atoms with Crippen LogP contribution in [0, 0.1) is 15.9 Å². The molecule has 0 aromatic heterocycles. The Morgan fingerprint density at radius 3 is 2.67 bits per heavy atom. The third-order valence-electron chi connectivity index (χ3n) is 3.05. The van der Waals surface area contributed by atoms with E-state index in [4.69, 9.17) is 10.5 Å². The molecule has 1 atom stereocenters. The molecular weight excluding hydrogens is 275 g/mol. The number of rotatable bonds is 5. The maximum absolute atomic E-state index is 13.9. The Morgan fingerprint density at radius 2 is 2.00 bits per heavy atom. The molecule has 0 aliphatic rings. The predicted octanol–water partition coefficient (Wildman–Crippen LogP) is 3.33. The topological polar surface area (TPSA) is 78.4 Å². The van der Waals surface area contributed by atoms with E-state index in [1.807, 2.05) is 19.1 Å². The van der Waals surface area contributed by atoms with Crippen molar-refractivity contribution in [2.24, 2.45) is 5.73 Å². The van der Waals surface area contributed by atoms with Crippen LogP contribution >= 0.6 is 0 Å². The van der Waals surface area contributed by atoms with Crippen LogP contribution in [0.15, 0.2) is 42.5 Å². The monoisotopic (exact) mass is 290 g/mol. The molecule has 2 aromatic carbocycles. The first-order valence-electron chi connectivity index (χ1n) is 6.39. The zero-order valence-electron chi connectivity index (χ0n) is 11.5. The smallest absolute Gasteiger partial charge is 0.305 e. The average molecular weight is 290 g/mol. The average Bonchev–Trinajstić information content (AvgIpc) is 2.46. The second-order valence-corrected chi connectivity index (χ2v) is 4.62. The van der Waals surface area contributed by atoms with Crippen molar-refractivity contribution in [2.75, 3.05) is 0 Å². The Bertz CT molecular complexity index is 659. The molecule has 0 heterocycles. The number of hydrogen-bond acceptors (Lipinski definition) is 4. The van der Waals surface area contributed by atoms with Crippen LogP contribution in [-0.2, 0) is 6.61 Å². The Labute approximate surface area is 121 Å². The second-order valence-electron chi connectivity index (χ2n) is 4.62. The minimum Gasteiger partial charge on any atom is -0.488 e. The van der Waals surface area contributed by atoms with Gasteiger partial charge in [-0.2, -0.15) is 4.39 Å². The maximum Gasteiger partial charge on any atom is 0.305 e. The lowest BCUT2D eigenvalue weighted by molar-refractivity contribution is -0.387.